The quantitative estimate of drug-likeness (QED) is 0.850. The van der Waals surface area contributed by atoms with Crippen LogP contribution >= 0.6 is 11.6 Å². The Morgan fingerprint density at radius 2 is 2.29 bits per heavy atom. The molecule has 17 heavy (non-hydrogen) atoms. The molecule has 0 unspecified atom stereocenters. The summed E-state index contributed by atoms with van der Waals surface area (Å²) >= 11 is 5.91. The molecule has 1 fully saturated rings. The molecule has 0 amide bonds. The number of hydrogen-bond donors (Lipinski definition) is 1. The van der Waals surface area contributed by atoms with Gasteiger partial charge in [0.2, 0.25) is 5.28 Å². The molecule has 1 aliphatic carbocycles. The van der Waals surface area contributed by atoms with Crippen LogP contribution in [0.3, 0.4) is 0 Å². The Hall–Kier alpha value is -1.36. The van der Waals surface area contributed by atoms with Crippen molar-refractivity contribution in [2.24, 2.45) is 5.92 Å². The van der Waals surface area contributed by atoms with Crippen LogP contribution in [0.15, 0.2) is 6.20 Å². The monoisotopic (exact) mass is 251 g/mol. The second-order valence-electron chi connectivity index (χ2n) is 4.63. The van der Waals surface area contributed by atoms with E-state index in [0.717, 1.165) is 23.7 Å². The molecule has 1 N–H and O–H groups in total. The van der Waals surface area contributed by atoms with Crippen molar-refractivity contribution < 1.29 is 0 Å². The van der Waals surface area contributed by atoms with Crippen molar-refractivity contribution in [2.45, 2.75) is 19.3 Å². The molecule has 0 atom stereocenters. The Bertz CT molecular complexity index is 534. The Labute approximate surface area is 104 Å². The van der Waals surface area contributed by atoms with Crippen LogP contribution in [0.1, 0.15) is 19.3 Å². The minimum absolute atomic E-state index is 0.261. The van der Waals surface area contributed by atoms with Gasteiger partial charge in [0.05, 0.1) is 11.6 Å². The predicted molar refractivity (Wildman–Crippen MR) is 67.3 cm³/mol. The van der Waals surface area contributed by atoms with E-state index in [2.05, 4.69) is 25.1 Å². The van der Waals surface area contributed by atoms with Crippen molar-refractivity contribution in [3.05, 3.63) is 11.5 Å². The van der Waals surface area contributed by atoms with Gasteiger partial charge in [-0.1, -0.05) is 6.42 Å². The Kier molecular flexibility index (Phi) is 2.63. The highest BCUT2D eigenvalue weighted by molar-refractivity contribution is 6.28. The molecule has 5 nitrogen and oxygen atoms in total. The summed E-state index contributed by atoms with van der Waals surface area (Å²) in [6, 6.07) is 0. The normalized spacial score (nSPS) is 16.1. The average Bonchev–Trinajstić information content (AvgIpc) is 2.69. The first-order chi connectivity index (χ1) is 8.24. The molecule has 0 saturated heterocycles. The lowest BCUT2D eigenvalue weighted by atomic mass is 9.85. The number of hydrogen-bond acceptors (Lipinski definition) is 4. The van der Waals surface area contributed by atoms with Gasteiger partial charge in [0, 0.05) is 13.6 Å². The van der Waals surface area contributed by atoms with E-state index in [1.807, 2.05) is 7.05 Å². The van der Waals surface area contributed by atoms with Crippen LogP contribution in [0.2, 0.25) is 5.28 Å². The lowest BCUT2D eigenvalue weighted by Gasteiger charge is -2.30. The van der Waals surface area contributed by atoms with Gasteiger partial charge >= 0.3 is 0 Å². The molecule has 2 heterocycles. The standard InChI is InChI=1S/C11H14ClN5/c1-17(6-7-3-2-4-7)10-8-5-13-16-9(8)14-11(12)15-10/h5,7H,2-4,6H2,1H3,(H,13,14,15,16). The van der Waals surface area contributed by atoms with Crippen LogP contribution in [0.5, 0.6) is 0 Å². The third-order valence-corrected chi connectivity index (χ3v) is 3.55. The second kappa shape index (κ2) is 4.14. The summed E-state index contributed by atoms with van der Waals surface area (Å²) in [5, 5.41) is 8.00. The van der Waals surface area contributed by atoms with E-state index in [1.165, 1.54) is 19.3 Å². The van der Waals surface area contributed by atoms with E-state index < -0.39 is 0 Å². The van der Waals surface area contributed by atoms with Gasteiger partial charge in [-0.05, 0) is 30.4 Å². The van der Waals surface area contributed by atoms with Gasteiger partial charge in [-0.15, -0.1) is 0 Å². The van der Waals surface area contributed by atoms with Gasteiger partial charge in [0.25, 0.3) is 0 Å². The molecule has 6 heteroatoms. The van der Waals surface area contributed by atoms with Crippen LogP contribution in [-0.2, 0) is 0 Å². The Morgan fingerprint density at radius 3 is 3.00 bits per heavy atom. The molecule has 0 bridgehead atoms. The minimum atomic E-state index is 0.261. The molecule has 0 aromatic carbocycles. The fourth-order valence-corrected chi connectivity index (χ4v) is 2.40. The van der Waals surface area contributed by atoms with E-state index in [-0.39, 0.29) is 5.28 Å². The van der Waals surface area contributed by atoms with Crippen molar-refractivity contribution in [1.82, 2.24) is 20.2 Å². The largest absolute Gasteiger partial charge is 0.359 e. The second-order valence-corrected chi connectivity index (χ2v) is 4.96. The first-order valence-corrected chi connectivity index (χ1v) is 6.19. The van der Waals surface area contributed by atoms with Gasteiger partial charge in [-0.2, -0.15) is 15.1 Å². The highest BCUT2D eigenvalue weighted by atomic mass is 35.5. The number of halogens is 1. The van der Waals surface area contributed by atoms with Gasteiger partial charge < -0.3 is 4.90 Å². The van der Waals surface area contributed by atoms with Gasteiger partial charge in [0.1, 0.15) is 5.82 Å². The lowest BCUT2D eigenvalue weighted by molar-refractivity contribution is 0.321. The summed E-state index contributed by atoms with van der Waals surface area (Å²) in [6.07, 6.45) is 5.73. The lowest BCUT2D eigenvalue weighted by Crippen LogP contribution is -2.30. The maximum Gasteiger partial charge on any atom is 0.226 e. The topological polar surface area (TPSA) is 57.7 Å². The number of nitrogens with zero attached hydrogens (tertiary/aromatic N) is 4. The van der Waals surface area contributed by atoms with E-state index in [4.69, 9.17) is 11.6 Å². The number of rotatable bonds is 3. The molecule has 1 aliphatic rings. The maximum absolute atomic E-state index is 5.91. The van der Waals surface area contributed by atoms with E-state index in [1.54, 1.807) is 6.20 Å². The number of aromatic nitrogens is 4. The van der Waals surface area contributed by atoms with Crippen LogP contribution in [0, 0.1) is 5.92 Å². The van der Waals surface area contributed by atoms with E-state index >= 15 is 0 Å². The summed E-state index contributed by atoms with van der Waals surface area (Å²) in [5.74, 6) is 1.65. The minimum Gasteiger partial charge on any atom is -0.359 e. The summed E-state index contributed by atoms with van der Waals surface area (Å²) < 4.78 is 0. The third-order valence-electron chi connectivity index (χ3n) is 3.38. The zero-order chi connectivity index (χ0) is 11.8. The van der Waals surface area contributed by atoms with E-state index in [9.17, 15) is 0 Å². The average molecular weight is 252 g/mol. The van der Waals surface area contributed by atoms with Gasteiger partial charge in [-0.25, -0.2) is 0 Å². The van der Waals surface area contributed by atoms with Crippen LogP contribution in [-0.4, -0.2) is 33.8 Å². The van der Waals surface area contributed by atoms with Crippen LogP contribution < -0.4 is 4.90 Å². The number of fused-ring (bicyclic) bond motifs is 1. The summed E-state index contributed by atoms with van der Waals surface area (Å²) in [4.78, 5) is 10.6. The zero-order valence-electron chi connectivity index (χ0n) is 9.65. The molecule has 1 saturated carbocycles. The molecule has 0 spiro atoms. The maximum atomic E-state index is 5.91. The zero-order valence-corrected chi connectivity index (χ0v) is 10.4. The highest BCUT2D eigenvalue weighted by Gasteiger charge is 2.21. The van der Waals surface area contributed by atoms with Gasteiger partial charge in [0.15, 0.2) is 5.65 Å². The number of H-pyrrole nitrogens is 1. The highest BCUT2D eigenvalue weighted by Crippen LogP contribution is 2.30. The Morgan fingerprint density at radius 1 is 1.47 bits per heavy atom. The first kappa shape index (κ1) is 10.8. The third kappa shape index (κ3) is 1.95. The summed E-state index contributed by atoms with van der Waals surface area (Å²) in [6.45, 7) is 1.02. The molecule has 2 aromatic rings. The van der Waals surface area contributed by atoms with Crippen LogP contribution in [0.4, 0.5) is 5.82 Å². The van der Waals surface area contributed by atoms with E-state index in [0.29, 0.717) is 5.65 Å². The fourth-order valence-electron chi connectivity index (χ4n) is 2.23. The molecule has 90 valence electrons. The number of nitrogens with one attached hydrogen (secondary N) is 1. The van der Waals surface area contributed by atoms with Crippen molar-refractivity contribution in [3.63, 3.8) is 0 Å². The number of aromatic amines is 1. The fraction of sp³-hybridized carbons (Fsp3) is 0.545. The van der Waals surface area contributed by atoms with Crippen molar-refractivity contribution in [2.75, 3.05) is 18.5 Å². The smallest absolute Gasteiger partial charge is 0.226 e. The van der Waals surface area contributed by atoms with Crippen molar-refractivity contribution in [3.8, 4) is 0 Å². The molecule has 0 aliphatic heterocycles. The summed E-state index contributed by atoms with van der Waals surface area (Å²) in [7, 11) is 2.05. The molecular weight excluding hydrogens is 238 g/mol. The predicted octanol–water partition coefficient (Wildman–Crippen LogP) is 2.24. The molecular formula is C11H14ClN5. The van der Waals surface area contributed by atoms with Crippen molar-refractivity contribution in [1.29, 1.82) is 0 Å². The molecule has 0 radical (unpaired) electrons. The Balaban J connectivity index is 1.94. The van der Waals surface area contributed by atoms with Gasteiger partial charge in [-0.3, -0.25) is 5.10 Å². The van der Waals surface area contributed by atoms with Crippen molar-refractivity contribution >= 4 is 28.5 Å². The molecule has 3 rings (SSSR count). The SMILES string of the molecule is CN(CC1CCC1)c1nc(Cl)nc2[nH]ncc12. The summed E-state index contributed by atoms with van der Waals surface area (Å²) in [5.41, 5.74) is 0.695. The molecule has 2 aromatic heterocycles. The number of anilines is 1. The van der Waals surface area contributed by atoms with Crippen LogP contribution in [0.25, 0.3) is 11.0 Å². The first-order valence-electron chi connectivity index (χ1n) is 5.82.